The monoisotopic (exact) mass is 269 g/mol. The molecule has 0 aromatic carbocycles. The number of rotatable bonds is 2. The van der Waals surface area contributed by atoms with E-state index in [2.05, 4.69) is 20.9 Å². The van der Waals surface area contributed by atoms with Crippen LogP contribution in [0.4, 0.5) is 8.78 Å². The lowest BCUT2D eigenvalue weighted by molar-refractivity contribution is 0.112. The van der Waals surface area contributed by atoms with E-state index in [4.69, 9.17) is 11.6 Å². The van der Waals surface area contributed by atoms with Crippen LogP contribution < -0.4 is 0 Å². The fourth-order valence-electron chi connectivity index (χ4n) is 0.734. The molecule has 1 rings (SSSR count). The van der Waals surface area contributed by atoms with Crippen molar-refractivity contribution in [2.75, 3.05) is 0 Å². The van der Waals surface area contributed by atoms with Gasteiger partial charge in [0.15, 0.2) is 6.29 Å². The van der Waals surface area contributed by atoms with Gasteiger partial charge in [-0.1, -0.05) is 11.6 Å². The molecule has 0 aliphatic carbocycles. The van der Waals surface area contributed by atoms with E-state index in [1.54, 1.807) is 0 Å². The zero-order valence-electron chi connectivity index (χ0n) is 6.10. The molecule has 0 saturated heterocycles. The molecule has 0 spiro atoms. The van der Waals surface area contributed by atoms with Crippen molar-refractivity contribution in [3.8, 4) is 0 Å². The van der Waals surface area contributed by atoms with E-state index in [0.717, 1.165) is 6.07 Å². The summed E-state index contributed by atoms with van der Waals surface area (Å²) in [7, 11) is 0. The molecule has 0 aliphatic rings. The van der Waals surface area contributed by atoms with Crippen LogP contribution in [-0.4, -0.2) is 11.3 Å². The van der Waals surface area contributed by atoms with Crippen molar-refractivity contribution in [1.82, 2.24) is 4.98 Å². The SMILES string of the molecule is O=Cc1cc(C(F)F)nc(Cl)c1Br. The quantitative estimate of drug-likeness (QED) is 0.610. The van der Waals surface area contributed by atoms with Crippen LogP contribution in [0.2, 0.25) is 5.15 Å². The molecular formula is C7H3BrClF2NO. The van der Waals surface area contributed by atoms with Crippen molar-refractivity contribution in [3.05, 3.63) is 26.9 Å². The van der Waals surface area contributed by atoms with Crippen molar-refractivity contribution in [2.24, 2.45) is 0 Å². The van der Waals surface area contributed by atoms with Gasteiger partial charge < -0.3 is 0 Å². The number of pyridine rings is 1. The first-order chi connectivity index (χ1) is 6.06. The summed E-state index contributed by atoms with van der Waals surface area (Å²) in [6, 6.07) is 0.994. The van der Waals surface area contributed by atoms with E-state index < -0.39 is 12.1 Å². The first-order valence-corrected chi connectivity index (χ1v) is 4.32. The summed E-state index contributed by atoms with van der Waals surface area (Å²) in [4.78, 5) is 13.8. The molecule has 70 valence electrons. The Labute approximate surface area is 86.0 Å². The Balaban J connectivity index is 3.30. The molecule has 0 bridgehead atoms. The summed E-state index contributed by atoms with van der Waals surface area (Å²) in [5.41, 5.74) is -0.439. The van der Waals surface area contributed by atoms with Gasteiger partial charge in [0.2, 0.25) is 0 Å². The number of carbonyl (C=O) groups is 1. The molecule has 6 heteroatoms. The summed E-state index contributed by atoms with van der Waals surface area (Å²) < 4.78 is 24.5. The minimum atomic E-state index is -2.73. The predicted molar refractivity (Wildman–Crippen MR) is 47.3 cm³/mol. The highest BCUT2D eigenvalue weighted by Gasteiger charge is 2.14. The molecule has 1 aromatic rings. The summed E-state index contributed by atoms with van der Waals surface area (Å²) in [6.45, 7) is 0. The Morgan fingerprint density at radius 2 is 2.23 bits per heavy atom. The van der Waals surface area contributed by atoms with Crippen LogP contribution in [-0.2, 0) is 0 Å². The lowest BCUT2D eigenvalue weighted by atomic mass is 10.2. The number of hydrogen-bond donors (Lipinski definition) is 0. The Hall–Kier alpha value is -0.550. The second-order valence-corrected chi connectivity index (χ2v) is 3.31. The molecule has 0 radical (unpaired) electrons. The number of hydrogen-bond acceptors (Lipinski definition) is 2. The fourth-order valence-corrected chi connectivity index (χ4v) is 1.24. The van der Waals surface area contributed by atoms with Gasteiger partial charge in [-0.2, -0.15) is 0 Å². The van der Waals surface area contributed by atoms with Crippen LogP contribution in [0.3, 0.4) is 0 Å². The molecule has 0 aliphatic heterocycles. The van der Waals surface area contributed by atoms with Crippen LogP contribution in [0.1, 0.15) is 22.5 Å². The normalized spacial score (nSPS) is 10.5. The summed E-state index contributed by atoms with van der Waals surface area (Å²) >= 11 is 8.44. The number of aromatic nitrogens is 1. The minimum absolute atomic E-state index is 0.0651. The third-order valence-corrected chi connectivity index (χ3v) is 2.65. The molecule has 0 atom stereocenters. The maximum atomic E-state index is 12.1. The Bertz CT molecular complexity index is 346. The van der Waals surface area contributed by atoms with E-state index in [0.29, 0.717) is 6.29 Å². The minimum Gasteiger partial charge on any atom is -0.298 e. The van der Waals surface area contributed by atoms with Crippen molar-refractivity contribution < 1.29 is 13.6 Å². The third kappa shape index (κ3) is 2.22. The fraction of sp³-hybridized carbons (Fsp3) is 0.143. The van der Waals surface area contributed by atoms with Gasteiger partial charge in [-0.25, -0.2) is 13.8 Å². The molecule has 0 saturated carbocycles. The predicted octanol–water partition coefficient (Wildman–Crippen LogP) is 3.25. The summed E-state index contributed by atoms with van der Waals surface area (Å²) in [5, 5.41) is -0.139. The van der Waals surface area contributed by atoms with E-state index in [1.807, 2.05) is 0 Å². The average molecular weight is 270 g/mol. The van der Waals surface area contributed by atoms with Gasteiger partial charge in [0.05, 0.1) is 4.47 Å². The molecule has 13 heavy (non-hydrogen) atoms. The molecule has 0 unspecified atom stereocenters. The molecule has 0 N–H and O–H groups in total. The zero-order valence-corrected chi connectivity index (χ0v) is 8.44. The lowest BCUT2D eigenvalue weighted by Crippen LogP contribution is -1.95. The number of carbonyl (C=O) groups excluding carboxylic acids is 1. The summed E-state index contributed by atoms with van der Waals surface area (Å²) in [5.74, 6) is 0. The lowest BCUT2D eigenvalue weighted by Gasteiger charge is -2.03. The Morgan fingerprint density at radius 3 is 2.69 bits per heavy atom. The number of aldehydes is 1. The van der Waals surface area contributed by atoms with Gasteiger partial charge in [0.1, 0.15) is 10.8 Å². The molecule has 1 aromatic heterocycles. The highest BCUT2D eigenvalue weighted by atomic mass is 79.9. The topological polar surface area (TPSA) is 30.0 Å². The van der Waals surface area contributed by atoms with Crippen LogP contribution in [0.5, 0.6) is 0 Å². The molecule has 0 fully saturated rings. The average Bonchev–Trinajstić information content (AvgIpc) is 2.09. The van der Waals surface area contributed by atoms with Gasteiger partial charge in [-0.15, -0.1) is 0 Å². The second kappa shape index (κ2) is 4.11. The van der Waals surface area contributed by atoms with Crippen LogP contribution in [0, 0.1) is 0 Å². The van der Waals surface area contributed by atoms with Crippen LogP contribution in [0.15, 0.2) is 10.5 Å². The number of halogens is 4. The van der Waals surface area contributed by atoms with E-state index in [1.165, 1.54) is 0 Å². The smallest absolute Gasteiger partial charge is 0.280 e. The van der Waals surface area contributed by atoms with Crippen LogP contribution >= 0.6 is 27.5 Å². The van der Waals surface area contributed by atoms with Crippen molar-refractivity contribution in [1.29, 1.82) is 0 Å². The first kappa shape index (κ1) is 10.5. The largest absolute Gasteiger partial charge is 0.298 e. The zero-order chi connectivity index (χ0) is 10.0. The van der Waals surface area contributed by atoms with Gasteiger partial charge in [0, 0.05) is 5.56 Å². The maximum absolute atomic E-state index is 12.1. The highest BCUT2D eigenvalue weighted by molar-refractivity contribution is 9.10. The van der Waals surface area contributed by atoms with Crippen molar-refractivity contribution >= 4 is 33.8 Å². The number of alkyl halides is 2. The molecular weight excluding hydrogens is 267 g/mol. The summed E-state index contributed by atoms with van der Waals surface area (Å²) in [6.07, 6.45) is -2.30. The molecule has 0 amide bonds. The maximum Gasteiger partial charge on any atom is 0.280 e. The highest BCUT2D eigenvalue weighted by Crippen LogP contribution is 2.27. The van der Waals surface area contributed by atoms with E-state index in [9.17, 15) is 13.6 Å². The number of nitrogens with zero attached hydrogens (tertiary/aromatic N) is 1. The van der Waals surface area contributed by atoms with Crippen molar-refractivity contribution in [2.45, 2.75) is 6.43 Å². The Kier molecular flexibility index (Phi) is 3.33. The van der Waals surface area contributed by atoms with Crippen LogP contribution in [0.25, 0.3) is 0 Å². The first-order valence-electron chi connectivity index (χ1n) is 3.15. The van der Waals surface area contributed by atoms with Gasteiger partial charge >= 0.3 is 0 Å². The molecule has 1 heterocycles. The standard InChI is InChI=1S/C7H3BrClF2NO/c8-5-3(2-13)1-4(7(10)11)12-6(5)9/h1-2,7H. The van der Waals surface area contributed by atoms with Gasteiger partial charge in [-0.05, 0) is 22.0 Å². The van der Waals surface area contributed by atoms with Gasteiger partial charge in [-0.3, -0.25) is 4.79 Å². The third-order valence-electron chi connectivity index (χ3n) is 1.32. The Morgan fingerprint density at radius 1 is 1.62 bits per heavy atom. The van der Waals surface area contributed by atoms with E-state index >= 15 is 0 Å². The second-order valence-electron chi connectivity index (χ2n) is 2.16. The van der Waals surface area contributed by atoms with Gasteiger partial charge in [0.25, 0.3) is 6.43 Å². The van der Waals surface area contributed by atoms with Crippen molar-refractivity contribution in [3.63, 3.8) is 0 Å². The van der Waals surface area contributed by atoms with E-state index in [-0.39, 0.29) is 15.2 Å². The molecule has 2 nitrogen and oxygen atoms in total.